The highest BCUT2D eigenvalue weighted by molar-refractivity contribution is 6.96. The predicted molar refractivity (Wildman–Crippen MR) is 203 cm³/mol. The van der Waals surface area contributed by atoms with Crippen LogP contribution in [0.25, 0.3) is 22.0 Å². The van der Waals surface area contributed by atoms with E-state index >= 15 is 0 Å². The molecule has 0 aliphatic carbocycles. The fraction of sp³-hybridized carbons (Fsp3) is 0.0698. The van der Waals surface area contributed by atoms with Gasteiger partial charge in [0.15, 0.2) is 14.6 Å². The zero-order valence-electron chi connectivity index (χ0n) is 27.0. The summed E-state index contributed by atoms with van der Waals surface area (Å²) in [6.45, 7) is 0. The highest BCUT2D eigenvalue weighted by Crippen LogP contribution is 2.51. The molecule has 229 valence electrons. The molecule has 2 aliphatic rings. The molecular weight excluding hydrogens is 601 g/mol. The van der Waals surface area contributed by atoms with E-state index in [2.05, 4.69) is 186 Å². The summed E-state index contributed by atoms with van der Waals surface area (Å²) in [5, 5.41) is 5.16. The van der Waals surface area contributed by atoms with Crippen LogP contribution in [0.5, 0.6) is 0 Å². The van der Waals surface area contributed by atoms with Crippen LogP contribution < -0.4 is 25.4 Å². The van der Waals surface area contributed by atoms with Gasteiger partial charge in [-0.1, -0.05) is 126 Å². The van der Waals surface area contributed by atoms with E-state index in [9.17, 15) is 0 Å². The molecule has 6 aromatic carbocycles. The molecule has 0 N–H and O–H groups in total. The van der Waals surface area contributed by atoms with Crippen LogP contribution in [0.2, 0.25) is 0 Å². The molecule has 0 bridgehead atoms. The molecule has 0 fully saturated rings. The third-order valence-corrected chi connectivity index (χ3v) is 12.5. The molecule has 4 nitrogen and oxygen atoms in total. The molecule has 0 unspecified atom stereocenters. The molecule has 0 spiro atoms. The van der Waals surface area contributed by atoms with Gasteiger partial charge >= 0.3 is 0 Å². The number of anilines is 5. The van der Waals surface area contributed by atoms with Gasteiger partial charge in [0.2, 0.25) is 5.69 Å². The van der Waals surface area contributed by atoms with Crippen LogP contribution in [0.4, 0.5) is 34.3 Å². The van der Waals surface area contributed by atoms with Crippen molar-refractivity contribution in [2.75, 3.05) is 23.9 Å². The second kappa shape index (κ2) is 11.5. The fourth-order valence-electron chi connectivity index (χ4n) is 7.45. The van der Waals surface area contributed by atoms with E-state index in [-0.39, 0.29) is 0 Å². The van der Waals surface area contributed by atoms with Crippen LogP contribution in [0.15, 0.2) is 152 Å². The van der Waals surface area contributed by atoms with Crippen molar-refractivity contribution in [2.45, 2.75) is 6.42 Å². The fourth-order valence-corrected chi connectivity index (χ4v) is 10.2. The Morgan fingerprint density at radius 3 is 2.10 bits per heavy atom. The third-order valence-electron chi connectivity index (χ3n) is 9.77. The summed E-state index contributed by atoms with van der Waals surface area (Å²) < 4.78 is 2.24. The Balaban J connectivity index is 1.26. The standard InChI is InChI=1S/C43H34N4Si/c1-45-27-26-36-35(21-13-24-37(36)45)30-14-11-16-32(28-30)47-39-23-10-9-22-38(39)46(2)40-29-31-15-12-25-41(42(31)44-43(40)47)48(33-17-5-3-6-18-33)34-19-7-4-8-20-34/h3-25,27-29H,26H2,1-2H3/q+1. The molecular formula is C43H34N4Si+. The zero-order valence-corrected chi connectivity index (χ0v) is 28.0. The number of rotatable bonds is 5. The van der Waals surface area contributed by atoms with Crippen LogP contribution in [-0.4, -0.2) is 38.7 Å². The summed E-state index contributed by atoms with van der Waals surface area (Å²) in [6.07, 6.45) is 3.20. The SMILES string of the molecule is CN1c2ccccc2N(c2cccc(-c3cccc4c3CC=[N+]4C)c2)c2nc3c([Si](c4ccccc4)c4ccccc4)cccc3cc21. The van der Waals surface area contributed by atoms with Crippen molar-refractivity contribution in [3.05, 3.63) is 157 Å². The van der Waals surface area contributed by atoms with E-state index in [1.54, 1.807) is 0 Å². The van der Waals surface area contributed by atoms with Crippen LogP contribution in [0.3, 0.4) is 0 Å². The molecule has 0 atom stereocenters. The monoisotopic (exact) mass is 634 g/mol. The lowest BCUT2D eigenvalue weighted by Gasteiger charge is -2.38. The van der Waals surface area contributed by atoms with Crippen LogP contribution in [-0.2, 0) is 6.42 Å². The van der Waals surface area contributed by atoms with Crippen molar-refractivity contribution in [2.24, 2.45) is 0 Å². The quantitative estimate of drug-likeness (QED) is 0.109. The maximum atomic E-state index is 5.66. The highest BCUT2D eigenvalue weighted by Gasteiger charge is 2.31. The van der Waals surface area contributed by atoms with Crippen molar-refractivity contribution in [3.8, 4) is 11.1 Å². The first kappa shape index (κ1) is 28.4. The second-order valence-electron chi connectivity index (χ2n) is 12.5. The topological polar surface area (TPSA) is 22.4 Å². The van der Waals surface area contributed by atoms with Crippen LogP contribution in [0.1, 0.15) is 5.56 Å². The first-order valence-corrected chi connectivity index (χ1v) is 18.0. The summed E-state index contributed by atoms with van der Waals surface area (Å²) in [5.74, 6) is 0.946. The Hall–Kier alpha value is -5.78. The average Bonchev–Trinajstić information content (AvgIpc) is 3.53. The smallest absolute Gasteiger partial charge is 0.209 e. The lowest BCUT2D eigenvalue weighted by atomic mass is 9.96. The number of benzene rings is 6. The number of para-hydroxylation sites is 3. The van der Waals surface area contributed by atoms with E-state index in [4.69, 9.17) is 4.98 Å². The number of pyridine rings is 1. The van der Waals surface area contributed by atoms with E-state index in [1.807, 2.05) is 0 Å². The van der Waals surface area contributed by atoms with Gasteiger partial charge in [-0.3, -0.25) is 4.90 Å². The lowest BCUT2D eigenvalue weighted by molar-refractivity contribution is -0.396. The van der Waals surface area contributed by atoms with Gasteiger partial charge in [-0.25, -0.2) is 9.56 Å². The lowest BCUT2D eigenvalue weighted by Crippen LogP contribution is -2.52. The molecule has 9 rings (SSSR count). The molecule has 7 aromatic rings. The maximum Gasteiger partial charge on any atom is 0.209 e. The third kappa shape index (κ3) is 4.58. The Bertz CT molecular complexity index is 2330. The molecule has 48 heavy (non-hydrogen) atoms. The molecule has 0 amide bonds. The maximum absolute atomic E-state index is 5.66. The summed E-state index contributed by atoms with van der Waals surface area (Å²) >= 11 is 0. The van der Waals surface area contributed by atoms with Gasteiger partial charge in [-0.2, -0.15) is 0 Å². The minimum Gasteiger partial charge on any atom is -0.340 e. The normalized spacial score (nSPS) is 13.4. The van der Waals surface area contributed by atoms with Crippen molar-refractivity contribution in [1.82, 2.24) is 4.98 Å². The minimum absolute atomic E-state index is 0.940. The molecule has 2 aliphatic heterocycles. The molecule has 1 radical (unpaired) electrons. The highest BCUT2D eigenvalue weighted by atomic mass is 28.3. The molecule has 3 heterocycles. The second-order valence-corrected chi connectivity index (χ2v) is 15.0. The Labute approximate surface area is 283 Å². The average molecular weight is 635 g/mol. The van der Waals surface area contributed by atoms with E-state index in [0.717, 1.165) is 45.9 Å². The Morgan fingerprint density at radius 2 is 1.33 bits per heavy atom. The van der Waals surface area contributed by atoms with Crippen molar-refractivity contribution < 1.29 is 4.58 Å². The summed E-state index contributed by atoms with van der Waals surface area (Å²) in [5.41, 5.74) is 10.7. The van der Waals surface area contributed by atoms with Crippen molar-refractivity contribution in [1.29, 1.82) is 0 Å². The largest absolute Gasteiger partial charge is 0.340 e. The van der Waals surface area contributed by atoms with Gasteiger partial charge in [0.1, 0.15) is 13.3 Å². The van der Waals surface area contributed by atoms with E-state index < -0.39 is 8.80 Å². The van der Waals surface area contributed by atoms with Gasteiger partial charge in [-0.15, -0.1) is 0 Å². The van der Waals surface area contributed by atoms with E-state index in [0.29, 0.717) is 0 Å². The van der Waals surface area contributed by atoms with E-state index in [1.165, 1.54) is 37.9 Å². The molecule has 1 aromatic heterocycles. The van der Waals surface area contributed by atoms with Gasteiger partial charge < -0.3 is 4.90 Å². The molecule has 0 saturated heterocycles. The van der Waals surface area contributed by atoms with Crippen LogP contribution >= 0.6 is 0 Å². The van der Waals surface area contributed by atoms with Gasteiger partial charge in [0.25, 0.3) is 0 Å². The van der Waals surface area contributed by atoms with Gasteiger partial charge in [0.05, 0.1) is 29.0 Å². The van der Waals surface area contributed by atoms with Crippen molar-refractivity contribution >= 4 is 75.7 Å². The predicted octanol–water partition coefficient (Wildman–Crippen LogP) is 7.87. The minimum atomic E-state index is -1.34. The number of fused-ring (bicyclic) bond motifs is 4. The van der Waals surface area contributed by atoms with Crippen molar-refractivity contribution in [3.63, 3.8) is 0 Å². The summed E-state index contributed by atoms with van der Waals surface area (Å²) in [6, 6.07) is 55.3. The molecule has 0 saturated carbocycles. The van der Waals surface area contributed by atoms with Crippen LogP contribution in [0, 0.1) is 0 Å². The number of hydrogen-bond donors (Lipinski definition) is 0. The summed E-state index contributed by atoms with van der Waals surface area (Å²) in [7, 11) is 2.96. The number of aromatic nitrogens is 1. The van der Waals surface area contributed by atoms with Gasteiger partial charge in [-0.05, 0) is 46.6 Å². The zero-order chi connectivity index (χ0) is 32.2. The Kier molecular flexibility index (Phi) is 6.80. The number of hydrogen-bond acceptors (Lipinski definition) is 3. The Morgan fingerprint density at radius 1 is 0.646 bits per heavy atom. The summed E-state index contributed by atoms with van der Waals surface area (Å²) in [4.78, 5) is 10.3. The molecule has 5 heteroatoms. The first-order valence-electron chi connectivity index (χ1n) is 16.5. The first-order chi connectivity index (χ1) is 23.7. The number of nitrogens with zero attached hydrogens (tertiary/aromatic N) is 4. The van der Waals surface area contributed by atoms with Gasteiger partial charge in [0, 0.05) is 29.8 Å².